The van der Waals surface area contributed by atoms with Crippen LogP contribution in [0.3, 0.4) is 0 Å². The van der Waals surface area contributed by atoms with Crippen molar-refractivity contribution in [3.8, 4) is 11.1 Å². The number of nitrogens with one attached hydrogen (secondary N) is 2. The summed E-state index contributed by atoms with van der Waals surface area (Å²) in [5.74, 6) is -0.308. The Kier molecular flexibility index (Phi) is 4.14. The van der Waals surface area contributed by atoms with E-state index < -0.39 is 4.92 Å². The van der Waals surface area contributed by atoms with Gasteiger partial charge in [-0.3, -0.25) is 14.9 Å². The number of carbonyl (C=O) groups is 1. The summed E-state index contributed by atoms with van der Waals surface area (Å²) in [4.78, 5) is 26.1. The lowest BCUT2D eigenvalue weighted by molar-refractivity contribution is -0.384. The Balaban J connectivity index is 1.65. The van der Waals surface area contributed by atoms with Crippen molar-refractivity contribution < 1.29 is 9.72 Å². The number of fused-ring (bicyclic) bond motifs is 1. The van der Waals surface area contributed by atoms with E-state index in [9.17, 15) is 14.9 Å². The number of amides is 1. The molecule has 0 bridgehead atoms. The lowest BCUT2D eigenvalue weighted by Gasteiger charge is -2.10. The molecular formula is C21H15N3O3. The molecule has 0 unspecified atom stereocenters. The van der Waals surface area contributed by atoms with E-state index >= 15 is 0 Å². The average Bonchev–Trinajstić information content (AvgIpc) is 3.12. The predicted molar refractivity (Wildman–Crippen MR) is 105 cm³/mol. The summed E-state index contributed by atoms with van der Waals surface area (Å²) in [6.45, 7) is 0. The second kappa shape index (κ2) is 6.76. The molecule has 0 aliphatic heterocycles. The third-order valence-corrected chi connectivity index (χ3v) is 4.32. The van der Waals surface area contributed by atoms with E-state index in [0.29, 0.717) is 16.9 Å². The van der Waals surface area contributed by atoms with Crippen LogP contribution in [0.1, 0.15) is 10.5 Å². The lowest BCUT2D eigenvalue weighted by Crippen LogP contribution is -2.12. The number of benzene rings is 3. The zero-order valence-electron chi connectivity index (χ0n) is 14.2. The van der Waals surface area contributed by atoms with E-state index in [4.69, 9.17) is 0 Å². The van der Waals surface area contributed by atoms with E-state index in [0.717, 1.165) is 16.5 Å². The Bertz CT molecular complexity index is 1150. The van der Waals surface area contributed by atoms with Crippen molar-refractivity contribution in [1.29, 1.82) is 0 Å². The number of H-pyrrole nitrogens is 1. The van der Waals surface area contributed by atoms with Crippen molar-refractivity contribution >= 4 is 28.2 Å². The third kappa shape index (κ3) is 3.28. The highest BCUT2D eigenvalue weighted by molar-refractivity contribution is 6.07. The number of aromatic nitrogens is 1. The van der Waals surface area contributed by atoms with Crippen LogP contribution in [0.4, 0.5) is 11.4 Å². The normalized spacial score (nSPS) is 10.7. The molecule has 4 rings (SSSR count). The molecule has 2 N–H and O–H groups in total. The first-order valence-corrected chi connectivity index (χ1v) is 8.35. The standard InChI is InChI=1S/C21H15N3O3/c25-21(20-12-15-10-11-16(24(26)27)13-19(15)22-20)23-18-9-5-4-8-17(18)14-6-2-1-3-7-14/h1-13,22H,(H,23,25). The van der Waals surface area contributed by atoms with Crippen molar-refractivity contribution in [1.82, 2.24) is 4.98 Å². The number of nitro groups is 1. The first kappa shape index (κ1) is 16.5. The molecule has 0 aliphatic carbocycles. The van der Waals surface area contributed by atoms with Gasteiger partial charge in [0.2, 0.25) is 0 Å². The molecule has 1 heterocycles. The van der Waals surface area contributed by atoms with Gasteiger partial charge in [-0.25, -0.2) is 0 Å². The summed E-state index contributed by atoms with van der Waals surface area (Å²) < 4.78 is 0. The minimum absolute atomic E-state index is 0.0225. The molecule has 0 saturated heterocycles. The van der Waals surface area contributed by atoms with Gasteiger partial charge in [-0.2, -0.15) is 0 Å². The summed E-state index contributed by atoms with van der Waals surface area (Å²) in [6.07, 6.45) is 0. The zero-order valence-corrected chi connectivity index (χ0v) is 14.2. The largest absolute Gasteiger partial charge is 0.350 e. The number of anilines is 1. The van der Waals surface area contributed by atoms with Crippen LogP contribution >= 0.6 is 0 Å². The molecule has 6 nitrogen and oxygen atoms in total. The fourth-order valence-electron chi connectivity index (χ4n) is 3.00. The summed E-state index contributed by atoms with van der Waals surface area (Å²) in [5, 5.41) is 14.6. The third-order valence-electron chi connectivity index (χ3n) is 4.32. The molecule has 0 spiro atoms. The number of rotatable bonds is 4. The number of non-ortho nitro benzene ring substituents is 1. The van der Waals surface area contributed by atoms with Crippen molar-refractivity contribution in [3.63, 3.8) is 0 Å². The van der Waals surface area contributed by atoms with Crippen molar-refractivity contribution in [3.05, 3.63) is 94.7 Å². The van der Waals surface area contributed by atoms with Crippen LogP contribution < -0.4 is 5.32 Å². The maximum Gasteiger partial charge on any atom is 0.272 e. The molecule has 27 heavy (non-hydrogen) atoms. The molecule has 0 saturated carbocycles. The number of nitro benzene ring substituents is 1. The Morgan fingerprint density at radius 1 is 0.926 bits per heavy atom. The van der Waals surface area contributed by atoms with Gasteiger partial charge < -0.3 is 10.3 Å². The number of hydrogen-bond acceptors (Lipinski definition) is 3. The maximum atomic E-state index is 12.7. The summed E-state index contributed by atoms with van der Waals surface area (Å²) in [6, 6.07) is 23.5. The van der Waals surface area contributed by atoms with Crippen molar-refractivity contribution in [2.24, 2.45) is 0 Å². The van der Waals surface area contributed by atoms with Crippen LogP contribution in [0.2, 0.25) is 0 Å². The fraction of sp³-hybridized carbons (Fsp3) is 0. The van der Waals surface area contributed by atoms with Crippen LogP contribution in [-0.4, -0.2) is 15.8 Å². The molecule has 6 heteroatoms. The van der Waals surface area contributed by atoms with Gasteiger partial charge in [0.1, 0.15) is 5.69 Å². The van der Waals surface area contributed by atoms with Gasteiger partial charge in [-0.15, -0.1) is 0 Å². The smallest absolute Gasteiger partial charge is 0.272 e. The minimum Gasteiger partial charge on any atom is -0.350 e. The SMILES string of the molecule is O=C(Nc1ccccc1-c1ccccc1)c1cc2ccc([N+](=O)[O-])cc2[nH]1. The summed E-state index contributed by atoms with van der Waals surface area (Å²) >= 11 is 0. The fourth-order valence-corrected chi connectivity index (χ4v) is 3.00. The first-order valence-electron chi connectivity index (χ1n) is 8.35. The van der Waals surface area contributed by atoms with Crippen molar-refractivity contribution in [2.75, 3.05) is 5.32 Å². The van der Waals surface area contributed by atoms with Crippen LogP contribution in [0.25, 0.3) is 22.0 Å². The predicted octanol–water partition coefficient (Wildman–Crippen LogP) is 5.00. The van der Waals surface area contributed by atoms with Gasteiger partial charge >= 0.3 is 0 Å². The quantitative estimate of drug-likeness (QED) is 0.398. The van der Waals surface area contributed by atoms with E-state index in [1.807, 2.05) is 54.6 Å². The molecule has 1 amide bonds. The highest BCUT2D eigenvalue weighted by Gasteiger charge is 2.14. The van der Waals surface area contributed by atoms with Crippen LogP contribution in [0.15, 0.2) is 78.9 Å². The van der Waals surface area contributed by atoms with Crippen molar-refractivity contribution in [2.45, 2.75) is 0 Å². The van der Waals surface area contributed by atoms with Crippen LogP contribution in [0.5, 0.6) is 0 Å². The number of aromatic amines is 1. The molecule has 4 aromatic rings. The Morgan fingerprint density at radius 2 is 1.67 bits per heavy atom. The first-order chi connectivity index (χ1) is 13.1. The van der Waals surface area contributed by atoms with E-state index in [1.54, 1.807) is 12.1 Å². The van der Waals surface area contributed by atoms with Gasteiger partial charge in [-0.1, -0.05) is 48.5 Å². The van der Waals surface area contributed by atoms with E-state index in [-0.39, 0.29) is 11.6 Å². The second-order valence-corrected chi connectivity index (χ2v) is 6.08. The van der Waals surface area contributed by atoms with E-state index in [1.165, 1.54) is 12.1 Å². The molecule has 132 valence electrons. The molecular weight excluding hydrogens is 342 g/mol. The van der Waals surface area contributed by atoms with Crippen LogP contribution in [-0.2, 0) is 0 Å². The number of para-hydroxylation sites is 1. The molecule has 0 atom stereocenters. The van der Waals surface area contributed by atoms with Gasteiger partial charge in [0, 0.05) is 28.8 Å². The lowest BCUT2D eigenvalue weighted by atomic mass is 10.0. The average molecular weight is 357 g/mol. The molecule has 0 radical (unpaired) electrons. The molecule has 0 fully saturated rings. The maximum absolute atomic E-state index is 12.7. The number of hydrogen-bond donors (Lipinski definition) is 2. The van der Waals surface area contributed by atoms with Gasteiger partial charge in [0.25, 0.3) is 11.6 Å². The van der Waals surface area contributed by atoms with Gasteiger partial charge in [0.05, 0.1) is 10.4 Å². The van der Waals surface area contributed by atoms with E-state index in [2.05, 4.69) is 10.3 Å². The molecule has 1 aromatic heterocycles. The second-order valence-electron chi connectivity index (χ2n) is 6.08. The zero-order chi connectivity index (χ0) is 18.8. The van der Waals surface area contributed by atoms with Gasteiger partial charge in [-0.05, 0) is 23.8 Å². The van der Waals surface area contributed by atoms with Crippen LogP contribution in [0, 0.1) is 10.1 Å². The monoisotopic (exact) mass is 357 g/mol. The van der Waals surface area contributed by atoms with Gasteiger partial charge in [0.15, 0.2) is 0 Å². The highest BCUT2D eigenvalue weighted by atomic mass is 16.6. The Labute approximate surface area is 154 Å². The molecule has 0 aliphatic rings. The minimum atomic E-state index is -0.462. The summed E-state index contributed by atoms with van der Waals surface area (Å²) in [7, 11) is 0. The number of nitrogens with zero attached hydrogens (tertiary/aromatic N) is 1. The Hall–Kier alpha value is -3.93. The summed E-state index contributed by atoms with van der Waals surface area (Å²) in [5.41, 5.74) is 3.47. The topological polar surface area (TPSA) is 88.0 Å². The molecule has 3 aromatic carbocycles. The Morgan fingerprint density at radius 3 is 2.44 bits per heavy atom. The number of carbonyl (C=O) groups excluding carboxylic acids is 1. The highest BCUT2D eigenvalue weighted by Crippen LogP contribution is 2.28.